The third kappa shape index (κ3) is 2.72. The van der Waals surface area contributed by atoms with Crippen molar-refractivity contribution in [1.29, 1.82) is 0 Å². The second-order valence-corrected chi connectivity index (χ2v) is 6.63. The van der Waals surface area contributed by atoms with E-state index in [1.807, 2.05) is 0 Å². The molecule has 3 rings (SSSR count). The Bertz CT molecular complexity index is 425. The number of rotatable bonds is 5. The Hall–Kier alpha value is -0.820. The van der Waals surface area contributed by atoms with Gasteiger partial charge in [0.15, 0.2) is 0 Å². The van der Waals surface area contributed by atoms with Crippen LogP contribution >= 0.6 is 0 Å². The first kappa shape index (κ1) is 13.2. The summed E-state index contributed by atoms with van der Waals surface area (Å²) in [6, 6.07) is 9.60. The summed E-state index contributed by atoms with van der Waals surface area (Å²) in [6.45, 7) is 5.60. The lowest BCUT2D eigenvalue weighted by molar-refractivity contribution is 0.249. The van der Waals surface area contributed by atoms with Crippen LogP contribution in [0.2, 0.25) is 0 Å². The van der Waals surface area contributed by atoms with Crippen molar-refractivity contribution >= 4 is 0 Å². The molecule has 1 aromatic carbocycles. The van der Waals surface area contributed by atoms with E-state index in [-0.39, 0.29) is 0 Å². The molecule has 2 saturated carbocycles. The maximum atomic E-state index is 3.79. The predicted octanol–water partition coefficient (Wildman–Crippen LogP) is 3.95. The Morgan fingerprint density at radius 1 is 1.21 bits per heavy atom. The largest absolute Gasteiger partial charge is 0.314 e. The monoisotopic (exact) mass is 257 g/mol. The van der Waals surface area contributed by atoms with Crippen molar-refractivity contribution in [1.82, 2.24) is 5.32 Å². The second kappa shape index (κ2) is 5.66. The SMILES string of the molecule is CCNC(Cc1ccccc1C)C1CC2CCC1C2. The van der Waals surface area contributed by atoms with E-state index in [1.54, 1.807) is 0 Å². The number of fused-ring (bicyclic) bond motifs is 2. The first-order valence-electron chi connectivity index (χ1n) is 8.05. The number of nitrogens with one attached hydrogen (secondary N) is 1. The molecule has 2 fully saturated rings. The van der Waals surface area contributed by atoms with Crippen LogP contribution in [0.4, 0.5) is 0 Å². The Balaban J connectivity index is 1.73. The van der Waals surface area contributed by atoms with E-state index >= 15 is 0 Å². The Labute approximate surface area is 117 Å². The average molecular weight is 257 g/mol. The number of aryl methyl sites for hydroxylation is 1. The summed E-state index contributed by atoms with van der Waals surface area (Å²) in [5.41, 5.74) is 2.99. The van der Waals surface area contributed by atoms with Gasteiger partial charge in [-0.3, -0.25) is 0 Å². The molecule has 19 heavy (non-hydrogen) atoms. The molecule has 2 aliphatic rings. The molecule has 0 heterocycles. The lowest BCUT2D eigenvalue weighted by Crippen LogP contribution is -2.40. The number of hydrogen-bond donors (Lipinski definition) is 1. The van der Waals surface area contributed by atoms with Crippen molar-refractivity contribution in [2.45, 2.75) is 52.0 Å². The van der Waals surface area contributed by atoms with Gasteiger partial charge in [0.05, 0.1) is 0 Å². The van der Waals surface area contributed by atoms with Crippen LogP contribution in [0.5, 0.6) is 0 Å². The highest BCUT2D eigenvalue weighted by atomic mass is 14.9. The van der Waals surface area contributed by atoms with E-state index < -0.39 is 0 Å². The highest BCUT2D eigenvalue weighted by Crippen LogP contribution is 2.49. The molecule has 0 aliphatic heterocycles. The molecule has 1 N–H and O–H groups in total. The van der Waals surface area contributed by atoms with Gasteiger partial charge in [0.2, 0.25) is 0 Å². The molecular weight excluding hydrogens is 230 g/mol. The molecular formula is C18H27N. The fourth-order valence-corrected chi connectivity index (χ4v) is 4.50. The average Bonchev–Trinajstić information content (AvgIpc) is 3.03. The third-order valence-corrected chi connectivity index (χ3v) is 5.48. The Morgan fingerprint density at radius 3 is 2.68 bits per heavy atom. The molecule has 104 valence electrons. The quantitative estimate of drug-likeness (QED) is 0.842. The number of likely N-dealkylation sites (N-methyl/N-ethyl adjacent to an activating group) is 1. The van der Waals surface area contributed by atoms with Crippen LogP contribution in [0.25, 0.3) is 0 Å². The molecule has 2 bridgehead atoms. The first-order chi connectivity index (χ1) is 9.28. The fraction of sp³-hybridized carbons (Fsp3) is 0.667. The molecule has 1 nitrogen and oxygen atoms in total. The van der Waals surface area contributed by atoms with Gasteiger partial charge in [-0.25, -0.2) is 0 Å². The molecule has 1 aromatic rings. The molecule has 0 aromatic heterocycles. The summed E-state index contributed by atoms with van der Waals surface area (Å²) >= 11 is 0. The van der Waals surface area contributed by atoms with E-state index in [2.05, 4.69) is 43.4 Å². The van der Waals surface area contributed by atoms with Crippen molar-refractivity contribution in [3.63, 3.8) is 0 Å². The van der Waals surface area contributed by atoms with E-state index in [4.69, 9.17) is 0 Å². The normalized spacial score (nSPS) is 30.7. The van der Waals surface area contributed by atoms with Gasteiger partial charge in [0, 0.05) is 6.04 Å². The van der Waals surface area contributed by atoms with Crippen LogP contribution in [-0.2, 0) is 6.42 Å². The molecule has 1 heteroatoms. The summed E-state index contributed by atoms with van der Waals surface area (Å²) in [6.07, 6.45) is 7.21. The van der Waals surface area contributed by atoms with E-state index in [0.717, 1.165) is 24.3 Å². The standard InChI is InChI=1S/C18H27N/c1-3-19-18(12-15-7-5-4-6-13(15)2)17-11-14-8-9-16(17)10-14/h4-7,14,16-19H,3,8-12H2,1-2H3. The van der Waals surface area contributed by atoms with Crippen molar-refractivity contribution in [3.05, 3.63) is 35.4 Å². The fourth-order valence-electron chi connectivity index (χ4n) is 4.50. The van der Waals surface area contributed by atoms with Gasteiger partial charge in [0.1, 0.15) is 0 Å². The zero-order valence-corrected chi connectivity index (χ0v) is 12.4. The van der Waals surface area contributed by atoms with Gasteiger partial charge in [0.25, 0.3) is 0 Å². The van der Waals surface area contributed by atoms with Gasteiger partial charge in [-0.1, -0.05) is 37.6 Å². The number of benzene rings is 1. The molecule has 0 spiro atoms. The topological polar surface area (TPSA) is 12.0 Å². The molecule has 4 atom stereocenters. The lowest BCUT2D eigenvalue weighted by Gasteiger charge is -2.31. The van der Waals surface area contributed by atoms with Crippen molar-refractivity contribution < 1.29 is 0 Å². The highest BCUT2D eigenvalue weighted by molar-refractivity contribution is 5.26. The van der Waals surface area contributed by atoms with Crippen LogP contribution in [0.1, 0.15) is 43.7 Å². The van der Waals surface area contributed by atoms with Gasteiger partial charge in [-0.15, -0.1) is 0 Å². The second-order valence-electron chi connectivity index (χ2n) is 6.63. The van der Waals surface area contributed by atoms with Crippen molar-refractivity contribution in [2.24, 2.45) is 17.8 Å². The molecule has 4 unspecified atom stereocenters. The summed E-state index contributed by atoms with van der Waals surface area (Å²) in [4.78, 5) is 0. The van der Waals surface area contributed by atoms with E-state index in [1.165, 1.54) is 43.2 Å². The minimum Gasteiger partial charge on any atom is -0.314 e. The van der Waals surface area contributed by atoms with Crippen LogP contribution in [-0.4, -0.2) is 12.6 Å². The van der Waals surface area contributed by atoms with Crippen LogP contribution < -0.4 is 5.32 Å². The van der Waals surface area contributed by atoms with E-state index in [0.29, 0.717) is 6.04 Å². The van der Waals surface area contributed by atoms with Crippen LogP contribution in [0, 0.1) is 24.7 Å². The molecule has 0 amide bonds. The summed E-state index contributed by atoms with van der Waals surface area (Å²) in [7, 11) is 0. The predicted molar refractivity (Wildman–Crippen MR) is 81.3 cm³/mol. The zero-order chi connectivity index (χ0) is 13.2. The minimum absolute atomic E-state index is 0.696. The van der Waals surface area contributed by atoms with Gasteiger partial charge in [-0.05, 0) is 68.0 Å². The maximum absolute atomic E-state index is 3.79. The lowest BCUT2D eigenvalue weighted by atomic mass is 9.80. The Morgan fingerprint density at radius 2 is 2.05 bits per heavy atom. The molecule has 0 saturated heterocycles. The maximum Gasteiger partial charge on any atom is 0.0138 e. The summed E-state index contributed by atoms with van der Waals surface area (Å²) in [5, 5.41) is 3.79. The van der Waals surface area contributed by atoms with Crippen LogP contribution in [0.3, 0.4) is 0 Å². The van der Waals surface area contributed by atoms with Gasteiger partial charge >= 0.3 is 0 Å². The van der Waals surface area contributed by atoms with Crippen molar-refractivity contribution in [2.75, 3.05) is 6.54 Å². The summed E-state index contributed by atoms with van der Waals surface area (Å²) < 4.78 is 0. The van der Waals surface area contributed by atoms with Gasteiger partial charge < -0.3 is 5.32 Å². The minimum atomic E-state index is 0.696. The van der Waals surface area contributed by atoms with Crippen molar-refractivity contribution in [3.8, 4) is 0 Å². The third-order valence-electron chi connectivity index (χ3n) is 5.48. The first-order valence-corrected chi connectivity index (χ1v) is 8.05. The molecule has 0 radical (unpaired) electrons. The molecule has 2 aliphatic carbocycles. The highest BCUT2D eigenvalue weighted by Gasteiger charge is 2.42. The van der Waals surface area contributed by atoms with Gasteiger partial charge in [-0.2, -0.15) is 0 Å². The number of hydrogen-bond acceptors (Lipinski definition) is 1. The summed E-state index contributed by atoms with van der Waals surface area (Å²) in [5.74, 6) is 2.99. The van der Waals surface area contributed by atoms with E-state index in [9.17, 15) is 0 Å². The smallest absolute Gasteiger partial charge is 0.0138 e. The van der Waals surface area contributed by atoms with Crippen LogP contribution in [0.15, 0.2) is 24.3 Å². The Kier molecular flexibility index (Phi) is 3.93. The zero-order valence-electron chi connectivity index (χ0n) is 12.4.